The minimum atomic E-state index is -3.89. The van der Waals surface area contributed by atoms with E-state index in [1.165, 1.54) is 16.4 Å². The van der Waals surface area contributed by atoms with Crippen LogP contribution in [-0.4, -0.2) is 30.5 Å². The Morgan fingerprint density at radius 1 is 1.12 bits per heavy atom. The van der Waals surface area contributed by atoms with Crippen molar-refractivity contribution in [1.29, 1.82) is 0 Å². The summed E-state index contributed by atoms with van der Waals surface area (Å²) in [7, 11) is -3.89. The van der Waals surface area contributed by atoms with E-state index in [1.807, 2.05) is 24.3 Å². The molecular weight excluding hydrogens is 424 g/mol. The Morgan fingerprint density at radius 3 is 2.27 bits per heavy atom. The lowest BCUT2D eigenvalue weighted by molar-refractivity contribution is -0.384. The maximum atomic E-state index is 13.1. The summed E-state index contributed by atoms with van der Waals surface area (Å²) >= 11 is 3.35. The summed E-state index contributed by atoms with van der Waals surface area (Å²) in [5.74, 6) is -0.392. The van der Waals surface area contributed by atoms with Crippen LogP contribution in [0, 0.1) is 16.0 Å². The van der Waals surface area contributed by atoms with Crippen LogP contribution >= 0.6 is 15.9 Å². The van der Waals surface area contributed by atoms with Gasteiger partial charge in [0.2, 0.25) is 10.0 Å². The van der Waals surface area contributed by atoms with E-state index in [9.17, 15) is 23.3 Å². The van der Waals surface area contributed by atoms with Gasteiger partial charge in [0, 0.05) is 29.1 Å². The quantitative estimate of drug-likeness (QED) is 0.405. The van der Waals surface area contributed by atoms with Gasteiger partial charge in [-0.25, -0.2) is 8.42 Å². The molecule has 3 rings (SSSR count). The highest BCUT2D eigenvalue weighted by Gasteiger charge is 2.41. The Bertz CT molecular complexity index is 929. The summed E-state index contributed by atoms with van der Waals surface area (Å²) < 4.78 is 28.3. The lowest BCUT2D eigenvalue weighted by Gasteiger charge is -2.24. The highest BCUT2D eigenvalue weighted by atomic mass is 79.9. The van der Waals surface area contributed by atoms with Gasteiger partial charge in [0.05, 0.1) is 15.9 Å². The van der Waals surface area contributed by atoms with Crippen LogP contribution in [0.25, 0.3) is 0 Å². The molecule has 2 aromatic carbocycles. The molecular formula is C17H15BrN2O5S. The number of benzene rings is 2. The molecule has 1 heterocycles. The molecule has 26 heavy (non-hydrogen) atoms. The Balaban J connectivity index is 1.98. The molecule has 0 radical (unpaired) electrons. The number of non-ortho nitro benzene ring substituents is 1. The number of nitro benzene ring substituents is 1. The van der Waals surface area contributed by atoms with E-state index in [1.54, 1.807) is 0 Å². The van der Waals surface area contributed by atoms with Crippen LogP contribution in [-0.2, 0) is 14.8 Å². The molecule has 136 valence electrons. The summed E-state index contributed by atoms with van der Waals surface area (Å²) in [5, 5.41) is 10.8. The highest BCUT2D eigenvalue weighted by molar-refractivity contribution is 9.10. The van der Waals surface area contributed by atoms with Crippen LogP contribution in [0.1, 0.15) is 18.0 Å². The molecule has 0 spiro atoms. The first-order valence-electron chi connectivity index (χ1n) is 7.80. The van der Waals surface area contributed by atoms with Crippen LogP contribution in [0.3, 0.4) is 0 Å². The van der Waals surface area contributed by atoms with Crippen molar-refractivity contribution < 1.29 is 18.1 Å². The van der Waals surface area contributed by atoms with Crippen molar-refractivity contribution in [2.45, 2.75) is 17.4 Å². The van der Waals surface area contributed by atoms with E-state index in [-0.39, 0.29) is 17.1 Å². The molecule has 0 N–H and O–H groups in total. The van der Waals surface area contributed by atoms with Crippen molar-refractivity contribution >= 4 is 37.9 Å². The third kappa shape index (κ3) is 3.55. The number of halogens is 1. The second kappa shape index (κ2) is 7.26. The van der Waals surface area contributed by atoms with E-state index in [2.05, 4.69) is 15.9 Å². The molecule has 1 fully saturated rings. The molecule has 0 amide bonds. The smallest absolute Gasteiger partial charge is 0.269 e. The molecule has 0 aromatic heterocycles. The van der Waals surface area contributed by atoms with Gasteiger partial charge in [-0.15, -0.1) is 0 Å². The molecule has 0 unspecified atom stereocenters. The Labute approximate surface area is 159 Å². The zero-order valence-corrected chi connectivity index (χ0v) is 15.9. The number of nitro groups is 1. The number of carbonyl (C=O) groups is 1. The van der Waals surface area contributed by atoms with E-state index in [0.717, 1.165) is 28.5 Å². The Morgan fingerprint density at radius 2 is 1.73 bits per heavy atom. The number of sulfonamides is 1. The predicted molar refractivity (Wildman–Crippen MR) is 98.0 cm³/mol. The first kappa shape index (κ1) is 18.7. The monoisotopic (exact) mass is 438 g/mol. The molecule has 0 bridgehead atoms. The normalized spacial score (nSPS) is 20.8. The van der Waals surface area contributed by atoms with Crippen LogP contribution in [0.4, 0.5) is 5.69 Å². The summed E-state index contributed by atoms with van der Waals surface area (Å²) in [6.45, 7) is 0.0869. The third-order valence-electron chi connectivity index (χ3n) is 4.39. The van der Waals surface area contributed by atoms with Crippen molar-refractivity contribution in [2.75, 3.05) is 6.54 Å². The van der Waals surface area contributed by atoms with E-state index >= 15 is 0 Å². The Kier molecular flexibility index (Phi) is 5.22. The standard InChI is InChI=1S/C17H15BrN2O5S/c18-14-3-1-13(2-4-14)17-9-12(11-21)10-19(17)26(24,25)16-7-5-15(6-8-16)20(22)23/h1-8,11-12,17H,9-10H2/t12-,17-/m1/s1. The van der Waals surface area contributed by atoms with Gasteiger partial charge < -0.3 is 4.79 Å². The van der Waals surface area contributed by atoms with Crippen molar-refractivity contribution in [3.63, 3.8) is 0 Å². The highest BCUT2D eigenvalue weighted by Crippen LogP contribution is 2.39. The lowest BCUT2D eigenvalue weighted by atomic mass is 10.0. The molecule has 2 aromatic rings. The molecule has 2 atom stereocenters. The topological polar surface area (TPSA) is 97.6 Å². The fraction of sp³-hybridized carbons (Fsp3) is 0.235. The minimum Gasteiger partial charge on any atom is -0.303 e. The van der Waals surface area contributed by atoms with Gasteiger partial charge in [-0.1, -0.05) is 28.1 Å². The van der Waals surface area contributed by atoms with E-state index in [0.29, 0.717) is 6.42 Å². The Hall–Kier alpha value is -2.10. The summed E-state index contributed by atoms with van der Waals surface area (Å²) in [6.07, 6.45) is 1.18. The zero-order chi connectivity index (χ0) is 18.9. The fourth-order valence-electron chi connectivity index (χ4n) is 3.06. The second-order valence-corrected chi connectivity index (χ2v) is 8.83. The van der Waals surface area contributed by atoms with Gasteiger partial charge in [-0.2, -0.15) is 4.31 Å². The van der Waals surface area contributed by atoms with Gasteiger partial charge in [-0.3, -0.25) is 10.1 Å². The average Bonchev–Trinajstić information content (AvgIpc) is 3.08. The summed E-state index contributed by atoms with van der Waals surface area (Å²) in [6, 6.07) is 11.6. The van der Waals surface area contributed by atoms with E-state index in [4.69, 9.17) is 0 Å². The first-order chi connectivity index (χ1) is 12.3. The molecule has 0 aliphatic carbocycles. The number of nitrogens with zero attached hydrogens (tertiary/aromatic N) is 2. The predicted octanol–water partition coefficient (Wildman–Crippen LogP) is 3.31. The third-order valence-corrected chi connectivity index (χ3v) is 6.81. The van der Waals surface area contributed by atoms with Gasteiger partial charge in [0.1, 0.15) is 6.29 Å². The molecule has 9 heteroatoms. The van der Waals surface area contributed by atoms with Crippen LogP contribution in [0.2, 0.25) is 0 Å². The van der Waals surface area contributed by atoms with Crippen LogP contribution in [0.5, 0.6) is 0 Å². The van der Waals surface area contributed by atoms with Crippen molar-refractivity contribution in [3.05, 3.63) is 68.7 Å². The minimum absolute atomic E-state index is 0.0308. The second-order valence-electron chi connectivity index (χ2n) is 6.02. The van der Waals surface area contributed by atoms with Crippen LogP contribution in [0.15, 0.2) is 57.9 Å². The van der Waals surface area contributed by atoms with Gasteiger partial charge in [0.15, 0.2) is 0 Å². The molecule has 0 saturated carbocycles. The van der Waals surface area contributed by atoms with Gasteiger partial charge in [0.25, 0.3) is 5.69 Å². The SMILES string of the molecule is O=C[C@@H]1C[C@H](c2ccc(Br)cc2)N(S(=O)(=O)c2ccc([N+](=O)[O-])cc2)C1. The van der Waals surface area contributed by atoms with Gasteiger partial charge in [-0.05, 0) is 36.2 Å². The average molecular weight is 439 g/mol. The maximum Gasteiger partial charge on any atom is 0.269 e. The number of aldehydes is 1. The number of hydrogen-bond acceptors (Lipinski definition) is 5. The largest absolute Gasteiger partial charge is 0.303 e. The number of hydrogen-bond donors (Lipinski definition) is 0. The molecule has 1 aliphatic heterocycles. The first-order valence-corrected chi connectivity index (χ1v) is 10.0. The van der Waals surface area contributed by atoms with E-state index < -0.39 is 26.9 Å². The molecule has 1 saturated heterocycles. The van der Waals surface area contributed by atoms with Crippen LogP contribution < -0.4 is 0 Å². The fourth-order valence-corrected chi connectivity index (χ4v) is 5.01. The van der Waals surface area contributed by atoms with Crippen molar-refractivity contribution in [1.82, 2.24) is 4.31 Å². The maximum absolute atomic E-state index is 13.1. The zero-order valence-electron chi connectivity index (χ0n) is 13.5. The van der Waals surface area contributed by atoms with Gasteiger partial charge >= 0.3 is 0 Å². The van der Waals surface area contributed by atoms with Crippen molar-refractivity contribution in [3.8, 4) is 0 Å². The van der Waals surface area contributed by atoms with Crippen molar-refractivity contribution in [2.24, 2.45) is 5.92 Å². The molecule has 7 nitrogen and oxygen atoms in total. The molecule has 1 aliphatic rings. The number of carbonyl (C=O) groups excluding carboxylic acids is 1. The number of rotatable bonds is 5. The summed E-state index contributed by atoms with van der Waals surface area (Å²) in [5.41, 5.74) is 0.614. The lowest BCUT2D eigenvalue weighted by Crippen LogP contribution is -2.31. The summed E-state index contributed by atoms with van der Waals surface area (Å²) in [4.78, 5) is 21.4.